The van der Waals surface area contributed by atoms with Crippen LogP contribution in [0.2, 0.25) is 0 Å². The van der Waals surface area contributed by atoms with E-state index in [1.54, 1.807) is 19.1 Å². The van der Waals surface area contributed by atoms with Crippen molar-refractivity contribution in [1.29, 1.82) is 0 Å². The molecule has 3 unspecified atom stereocenters. The Morgan fingerprint density at radius 2 is 1.81 bits per heavy atom. The molecular weight excluding hydrogens is 268 g/mol. The summed E-state index contributed by atoms with van der Waals surface area (Å²) in [6.07, 6.45) is 6.12. The highest BCUT2D eigenvalue weighted by Gasteiger charge is 2.54. The van der Waals surface area contributed by atoms with Gasteiger partial charge >= 0.3 is 0 Å². The average Bonchev–Trinajstić information content (AvgIpc) is 3.21. The Kier molecular flexibility index (Phi) is 4.30. The molecule has 116 valence electrons. The Hall–Kier alpha value is -0.960. The Labute approximate surface area is 126 Å². The zero-order valence-corrected chi connectivity index (χ0v) is 13.0. The van der Waals surface area contributed by atoms with Gasteiger partial charge in [0.25, 0.3) is 0 Å². The van der Waals surface area contributed by atoms with E-state index < -0.39 is 11.6 Å². The first-order chi connectivity index (χ1) is 10.1. The topological polar surface area (TPSA) is 12.0 Å². The number of rotatable bonds is 5. The van der Waals surface area contributed by atoms with Crippen LogP contribution in [-0.2, 0) is 0 Å². The number of hydrogen-bond donors (Lipinski definition) is 1. The van der Waals surface area contributed by atoms with Gasteiger partial charge in [-0.1, -0.05) is 31.9 Å². The van der Waals surface area contributed by atoms with Crippen molar-refractivity contribution in [3.05, 3.63) is 34.9 Å². The monoisotopic (exact) mass is 293 g/mol. The summed E-state index contributed by atoms with van der Waals surface area (Å²) < 4.78 is 28.3. The van der Waals surface area contributed by atoms with Gasteiger partial charge in [0.05, 0.1) is 0 Å². The van der Waals surface area contributed by atoms with Crippen LogP contribution in [0.3, 0.4) is 0 Å². The number of benzene rings is 1. The van der Waals surface area contributed by atoms with E-state index in [0.717, 1.165) is 24.8 Å². The lowest BCUT2D eigenvalue weighted by atomic mass is 9.97. The minimum atomic E-state index is -0.681. The van der Waals surface area contributed by atoms with E-state index in [1.165, 1.54) is 25.7 Å². The summed E-state index contributed by atoms with van der Waals surface area (Å²) in [6, 6.07) is 3.47. The van der Waals surface area contributed by atoms with Gasteiger partial charge in [0.15, 0.2) is 11.6 Å². The van der Waals surface area contributed by atoms with Crippen LogP contribution < -0.4 is 5.32 Å². The molecule has 2 aliphatic rings. The van der Waals surface area contributed by atoms with Gasteiger partial charge in [-0.05, 0) is 56.0 Å². The lowest BCUT2D eigenvalue weighted by Crippen LogP contribution is -2.26. The van der Waals surface area contributed by atoms with Gasteiger partial charge in [0, 0.05) is 11.6 Å². The molecule has 0 bridgehead atoms. The molecule has 0 saturated heterocycles. The van der Waals surface area contributed by atoms with Crippen LogP contribution in [0.1, 0.15) is 56.2 Å². The van der Waals surface area contributed by atoms with Crippen molar-refractivity contribution in [3.63, 3.8) is 0 Å². The fourth-order valence-electron chi connectivity index (χ4n) is 4.20. The maximum absolute atomic E-state index is 14.4. The summed E-state index contributed by atoms with van der Waals surface area (Å²) in [4.78, 5) is 0. The molecule has 3 atom stereocenters. The maximum Gasteiger partial charge on any atom is 0.163 e. The molecule has 1 aromatic carbocycles. The van der Waals surface area contributed by atoms with Gasteiger partial charge in [-0.25, -0.2) is 8.78 Å². The highest BCUT2D eigenvalue weighted by atomic mass is 19.2. The summed E-state index contributed by atoms with van der Waals surface area (Å²) in [5.41, 5.74) is 0.921. The van der Waals surface area contributed by atoms with Crippen LogP contribution in [0.5, 0.6) is 0 Å². The highest BCUT2D eigenvalue weighted by molar-refractivity contribution is 5.30. The molecule has 21 heavy (non-hydrogen) atoms. The van der Waals surface area contributed by atoms with Crippen LogP contribution >= 0.6 is 0 Å². The number of fused-ring (bicyclic) bond motifs is 1. The lowest BCUT2D eigenvalue weighted by Gasteiger charge is -2.21. The van der Waals surface area contributed by atoms with E-state index in [-0.39, 0.29) is 6.04 Å². The van der Waals surface area contributed by atoms with Crippen molar-refractivity contribution in [3.8, 4) is 0 Å². The fraction of sp³-hybridized carbons (Fsp3) is 0.667. The molecule has 0 aromatic heterocycles. The first-order valence-corrected chi connectivity index (χ1v) is 8.33. The van der Waals surface area contributed by atoms with Crippen LogP contribution in [0.4, 0.5) is 8.78 Å². The van der Waals surface area contributed by atoms with Crippen molar-refractivity contribution < 1.29 is 8.78 Å². The van der Waals surface area contributed by atoms with Crippen molar-refractivity contribution in [2.24, 2.45) is 17.8 Å². The van der Waals surface area contributed by atoms with Gasteiger partial charge in [0.2, 0.25) is 0 Å². The predicted octanol–water partition coefficient (Wildman–Crippen LogP) is 4.75. The smallest absolute Gasteiger partial charge is 0.163 e. The Balaban J connectivity index is 1.87. The van der Waals surface area contributed by atoms with E-state index in [2.05, 4.69) is 12.2 Å². The molecule has 0 spiro atoms. The maximum atomic E-state index is 14.4. The molecule has 0 radical (unpaired) electrons. The zero-order valence-electron chi connectivity index (χ0n) is 13.0. The van der Waals surface area contributed by atoms with Crippen molar-refractivity contribution in [2.75, 3.05) is 6.54 Å². The molecule has 1 N–H and O–H groups in total. The molecule has 2 aliphatic carbocycles. The normalized spacial score (nSPS) is 29.0. The van der Waals surface area contributed by atoms with E-state index in [0.29, 0.717) is 17.0 Å². The van der Waals surface area contributed by atoms with E-state index in [9.17, 15) is 8.78 Å². The first kappa shape index (κ1) is 15.0. The van der Waals surface area contributed by atoms with Crippen LogP contribution in [-0.4, -0.2) is 6.54 Å². The molecule has 0 aliphatic heterocycles. The zero-order chi connectivity index (χ0) is 15.0. The third-order valence-electron chi connectivity index (χ3n) is 5.36. The molecule has 3 rings (SSSR count). The second kappa shape index (κ2) is 6.04. The summed E-state index contributed by atoms with van der Waals surface area (Å²) in [7, 11) is 0. The van der Waals surface area contributed by atoms with E-state index in [4.69, 9.17) is 0 Å². The second-order valence-corrected chi connectivity index (χ2v) is 6.72. The summed E-state index contributed by atoms with van der Waals surface area (Å²) in [5.74, 6) is 0.607. The Bertz CT molecular complexity index is 502. The largest absolute Gasteiger partial charge is 0.310 e. The minimum absolute atomic E-state index is 0.0202. The standard InChI is InChI=1S/C18H25F2N/c1-3-10-21-18(15-12-6-4-5-7-13(12)15)14-9-8-11(2)16(19)17(14)20/h8-9,12-13,15,18,21H,3-7,10H2,1-2H3. The number of halogens is 2. The van der Waals surface area contributed by atoms with Gasteiger partial charge in [-0.3, -0.25) is 0 Å². The SMILES string of the molecule is CCCNC(c1ccc(C)c(F)c1F)C1C2CCCCC21. The second-order valence-electron chi connectivity index (χ2n) is 6.72. The molecule has 0 heterocycles. The average molecular weight is 293 g/mol. The molecule has 1 nitrogen and oxygen atoms in total. The summed E-state index contributed by atoms with van der Waals surface area (Å²) in [5, 5.41) is 3.48. The van der Waals surface area contributed by atoms with E-state index in [1.807, 2.05) is 0 Å². The van der Waals surface area contributed by atoms with Gasteiger partial charge in [0.1, 0.15) is 0 Å². The molecular formula is C18H25F2N. The highest BCUT2D eigenvalue weighted by Crippen LogP contribution is 2.60. The molecule has 2 fully saturated rings. The van der Waals surface area contributed by atoms with Crippen LogP contribution in [0, 0.1) is 36.3 Å². The van der Waals surface area contributed by atoms with Gasteiger partial charge in [-0.15, -0.1) is 0 Å². The van der Waals surface area contributed by atoms with E-state index >= 15 is 0 Å². The lowest BCUT2D eigenvalue weighted by molar-refractivity contribution is 0.411. The Morgan fingerprint density at radius 1 is 1.14 bits per heavy atom. The van der Waals surface area contributed by atoms with Crippen LogP contribution in [0.25, 0.3) is 0 Å². The molecule has 3 heteroatoms. The molecule has 2 saturated carbocycles. The first-order valence-electron chi connectivity index (χ1n) is 8.33. The Morgan fingerprint density at radius 3 is 2.43 bits per heavy atom. The predicted molar refractivity (Wildman–Crippen MR) is 81.1 cm³/mol. The third-order valence-corrected chi connectivity index (χ3v) is 5.36. The minimum Gasteiger partial charge on any atom is -0.310 e. The van der Waals surface area contributed by atoms with Crippen molar-refractivity contribution >= 4 is 0 Å². The third kappa shape index (κ3) is 2.73. The summed E-state index contributed by atoms with van der Waals surface area (Å²) >= 11 is 0. The molecule has 0 amide bonds. The van der Waals surface area contributed by atoms with Crippen LogP contribution in [0.15, 0.2) is 12.1 Å². The quantitative estimate of drug-likeness (QED) is 0.826. The molecule has 1 aromatic rings. The number of hydrogen-bond acceptors (Lipinski definition) is 1. The summed E-state index contributed by atoms with van der Waals surface area (Å²) in [6.45, 7) is 4.58. The fourth-order valence-corrected chi connectivity index (χ4v) is 4.20. The van der Waals surface area contributed by atoms with Gasteiger partial charge in [-0.2, -0.15) is 0 Å². The number of aryl methyl sites for hydroxylation is 1. The van der Waals surface area contributed by atoms with Crippen molar-refractivity contribution in [2.45, 2.75) is 52.0 Å². The number of nitrogens with one attached hydrogen (secondary N) is 1. The van der Waals surface area contributed by atoms with Gasteiger partial charge < -0.3 is 5.32 Å². The van der Waals surface area contributed by atoms with Crippen molar-refractivity contribution in [1.82, 2.24) is 5.32 Å².